The number of carbonyl (C=O) groups excluding carboxylic acids is 1. The largest absolute Gasteiger partial charge is 0.508 e. The third-order valence-electron chi connectivity index (χ3n) is 2.38. The first-order chi connectivity index (χ1) is 9.54. The van der Waals surface area contributed by atoms with Gasteiger partial charge in [-0.1, -0.05) is 0 Å². The molecule has 0 unspecified atom stereocenters. The van der Waals surface area contributed by atoms with Crippen molar-refractivity contribution < 1.29 is 9.90 Å². The summed E-state index contributed by atoms with van der Waals surface area (Å²) in [7, 11) is 0. The molecule has 1 aromatic heterocycles. The normalized spacial score (nSPS) is 10.7. The highest BCUT2D eigenvalue weighted by molar-refractivity contribution is 5.93. The van der Waals surface area contributed by atoms with Gasteiger partial charge in [-0.3, -0.25) is 4.79 Å². The van der Waals surface area contributed by atoms with Gasteiger partial charge in [0.15, 0.2) is 0 Å². The molecule has 0 aliphatic carbocycles. The lowest BCUT2D eigenvalue weighted by atomic mass is 10.2. The Labute approximate surface area is 114 Å². The molecule has 0 aliphatic heterocycles. The van der Waals surface area contributed by atoms with Crippen molar-refractivity contribution in [2.45, 2.75) is 6.92 Å². The number of amides is 1. The molecule has 0 atom stereocenters. The summed E-state index contributed by atoms with van der Waals surface area (Å²) in [5.74, 6) is -0.427. The molecule has 102 valence electrons. The molecule has 7 nitrogen and oxygen atoms in total. The summed E-state index contributed by atoms with van der Waals surface area (Å²) in [6.07, 6.45) is 1.41. The Morgan fingerprint density at radius 1 is 1.40 bits per heavy atom. The molecule has 0 spiro atoms. The van der Waals surface area contributed by atoms with E-state index >= 15 is 0 Å². The molecular weight excluding hydrogens is 260 g/mol. The number of nitrogens with zero attached hydrogens (tertiary/aromatic N) is 2. The Bertz CT molecular complexity index is 704. The zero-order chi connectivity index (χ0) is 14.5. The Morgan fingerprint density at radius 2 is 2.10 bits per heavy atom. The summed E-state index contributed by atoms with van der Waals surface area (Å²) in [5, 5.41) is 12.9. The van der Waals surface area contributed by atoms with Gasteiger partial charge in [0.1, 0.15) is 11.4 Å². The molecule has 0 radical (unpaired) electrons. The molecule has 1 amide bonds. The number of aryl methyl sites for hydroxylation is 1. The number of hydrogen-bond donors (Lipinski definition) is 3. The number of nitrogens with one attached hydrogen (secondary N) is 2. The Hall–Kier alpha value is -2.96. The van der Waals surface area contributed by atoms with Crippen LogP contribution in [0.1, 0.15) is 21.7 Å². The Balaban J connectivity index is 2.05. The fraction of sp³-hybridized carbons (Fsp3) is 0.0769. The lowest BCUT2D eigenvalue weighted by Crippen LogP contribution is -2.24. The molecule has 0 bridgehead atoms. The van der Waals surface area contributed by atoms with Crippen LogP contribution in [0.3, 0.4) is 0 Å². The van der Waals surface area contributed by atoms with Gasteiger partial charge in [-0.25, -0.2) is 10.2 Å². The average molecular weight is 272 g/mol. The number of hydrazone groups is 1. The number of phenols is 1. The van der Waals surface area contributed by atoms with Crippen LogP contribution in [0, 0.1) is 6.92 Å². The third-order valence-corrected chi connectivity index (χ3v) is 2.38. The van der Waals surface area contributed by atoms with Crippen LogP contribution < -0.4 is 11.1 Å². The van der Waals surface area contributed by atoms with Gasteiger partial charge >= 0.3 is 5.69 Å². The third kappa shape index (κ3) is 3.52. The highest BCUT2D eigenvalue weighted by atomic mass is 16.3. The first-order valence-corrected chi connectivity index (χ1v) is 5.75. The van der Waals surface area contributed by atoms with Gasteiger partial charge in [-0.2, -0.15) is 10.1 Å². The molecule has 1 aromatic carbocycles. The van der Waals surface area contributed by atoms with Gasteiger partial charge in [0.05, 0.1) is 6.21 Å². The maximum atomic E-state index is 11.7. The van der Waals surface area contributed by atoms with E-state index in [0.717, 1.165) is 0 Å². The molecule has 3 N–H and O–H groups in total. The summed E-state index contributed by atoms with van der Waals surface area (Å²) in [6.45, 7) is 1.65. The molecular formula is C13H12N4O3. The van der Waals surface area contributed by atoms with Crippen molar-refractivity contribution in [2.24, 2.45) is 5.10 Å². The van der Waals surface area contributed by atoms with Crippen LogP contribution in [-0.2, 0) is 0 Å². The molecule has 0 aliphatic rings. The van der Waals surface area contributed by atoms with E-state index in [9.17, 15) is 9.59 Å². The minimum Gasteiger partial charge on any atom is -0.508 e. The van der Waals surface area contributed by atoms with Crippen LogP contribution in [0.2, 0.25) is 0 Å². The van der Waals surface area contributed by atoms with E-state index < -0.39 is 11.6 Å². The second-order valence-corrected chi connectivity index (χ2v) is 4.05. The van der Waals surface area contributed by atoms with Crippen LogP contribution >= 0.6 is 0 Å². The molecule has 2 rings (SSSR count). The topological polar surface area (TPSA) is 107 Å². The summed E-state index contributed by atoms with van der Waals surface area (Å²) in [6, 6.07) is 7.74. The van der Waals surface area contributed by atoms with Gasteiger partial charge < -0.3 is 10.1 Å². The van der Waals surface area contributed by atoms with E-state index in [1.165, 1.54) is 24.4 Å². The highest BCUT2D eigenvalue weighted by Gasteiger charge is 2.07. The standard InChI is InChI=1S/C13H12N4O3/c1-8-6-11(16-13(20)15-8)12(19)17-14-7-9-2-4-10(18)5-3-9/h2-7,18H,1H3,(H,17,19)(H,15,16,20)/b14-7+. The predicted octanol–water partition coefficient (Wildman–Crippen LogP) is 0.548. The molecule has 1 heterocycles. The first kappa shape index (κ1) is 13.5. The van der Waals surface area contributed by atoms with Gasteiger partial charge in [0, 0.05) is 5.69 Å². The summed E-state index contributed by atoms with van der Waals surface area (Å²) >= 11 is 0. The van der Waals surface area contributed by atoms with E-state index in [0.29, 0.717) is 11.3 Å². The minimum absolute atomic E-state index is 0.00546. The number of rotatable bonds is 3. The van der Waals surface area contributed by atoms with Gasteiger partial charge in [0.2, 0.25) is 0 Å². The van der Waals surface area contributed by atoms with E-state index in [1.807, 2.05) is 0 Å². The van der Waals surface area contributed by atoms with E-state index in [1.54, 1.807) is 19.1 Å². The van der Waals surface area contributed by atoms with Crippen LogP contribution in [0.15, 0.2) is 40.2 Å². The average Bonchev–Trinajstić information content (AvgIpc) is 2.40. The number of aromatic hydroxyl groups is 1. The fourth-order valence-corrected chi connectivity index (χ4v) is 1.48. The van der Waals surface area contributed by atoms with Crippen molar-refractivity contribution in [3.05, 3.63) is 57.8 Å². The SMILES string of the molecule is Cc1cc(C(=O)N/N=C/c2ccc(O)cc2)nc(=O)[nH]1. The zero-order valence-corrected chi connectivity index (χ0v) is 10.6. The van der Waals surface area contributed by atoms with Crippen molar-refractivity contribution >= 4 is 12.1 Å². The maximum absolute atomic E-state index is 11.7. The first-order valence-electron chi connectivity index (χ1n) is 5.75. The van der Waals surface area contributed by atoms with Crippen molar-refractivity contribution in [3.8, 4) is 5.75 Å². The number of hydrogen-bond acceptors (Lipinski definition) is 5. The number of carbonyl (C=O) groups is 1. The number of aromatic nitrogens is 2. The maximum Gasteiger partial charge on any atom is 0.345 e. The monoisotopic (exact) mass is 272 g/mol. The Kier molecular flexibility index (Phi) is 3.90. The highest BCUT2D eigenvalue weighted by Crippen LogP contribution is 2.07. The van der Waals surface area contributed by atoms with E-state index in [4.69, 9.17) is 5.11 Å². The van der Waals surface area contributed by atoms with E-state index in [-0.39, 0.29) is 11.4 Å². The van der Waals surface area contributed by atoms with Gasteiger partial charge in [-0.15, -0.1) is 0 Å². The van der Waals surface area contributed by atoms with Crippen molar-refractivity contribution in [1.29, 1.82) is 0 Å². The second-order valence-electron chi connectivity index (χ2n) is 4.05. The van der Waals surface area contributed by atoms with Crippen LogP contribution in [0.25, 0.3) is 0 Å². The van der Waals surface area contributed by atoms with Gasteiger partial charge in [0.25, 0.3) is 5.91 Å². The lowest BCUT2D eigenvalue weighted by Gasteiger charge is -1.99. The minimum atomic E-state index is -0.585. The van der Waals surface area contributed by atoms with Crippen LogP contribution in [0.4, 0.5) is 0 Å². The van der Waals surface area contributed by atoms with E-state index in [2.05, 4.69) is 20.5 Å². The predicted molar refractivity (Wildman–Crippen MR) is 72.8 cm³/mol. The summed E-state index contributed by atoms with van der Waals surface area (Å²) in [5.41, 5.74) is 2.92. The van der Waals surface area contributed by atoms with Crippen LogP contribution in [0.5, 0.6) is 5.75 Å². The number of benzene rings is 1. The second kappa shape index (κ2) is 5.79. The van der Waals surface area contributed by atoms with Crippen molar-refractivity contribution in [3.63, 3.8) is 0 Å². The van der Waals surface area contributed by atoms with Crippen LogP contribution in [-0.4, -0.2) is 27.2 Å². The summed E-state index contributed by atoms with van der Waals surface area (Å²) in [4.78, 5) is 28.8. The van der Waals surface area contributed by atoms with Crippen molar-refractivity contribution in [2.75, 3.05) is 0 Å². The van der Waals surface area contributed by atoms with Crippen molar-refractivity contribution in [1.82, 2.24) is 15.4 Å². The van der Waals surface area contributed by atoms with Gasteiger partial charge in [-0.05, 0) is 42.8 Å². The fourth-order valence-electron chi connectivity index (χ4n) is 1.48. The Morgan fingerprint density at radius 3 is 2.75 bits per heavy atom. The zero-order valence-electron chi connectivity index (χ0n) is 10.6. The molecule has 2 aromatic rings. The lowest BCUT2D eigenvalue weighted by molar-refractivity contribution is 0.0949. The number of aromatic amines is 1. The molecule has 7 heteroatoms. The molecule has 0 fully saturated rings. The molecule has 0 saturated carbocycles. The smallest absolute Gasteiger partial charge is 0.345 e. The number of H-pyrrole nitrogens is 1. The number of phenolic OH excluding ortho intramolecular Hbond substituents is 1. The molecule has 20 heavy (non-hydrogen) atoms. The summed E-state index contributed by atoms with van der Waals surface area (Å²) < 4.78 is 0. The quantitative estimate of drug-likeness (QED) is 0.560. The molecule has 0 saturated heterocycles.